The number of rotatable bonds is 55. The molecule has 0 aliphatic heterocycles. The third-order valence-electron chi connectivity index (χ3n) is 14.0. The molecule has 0 aromatic carbocycles. The molecule has 396 valence electrons. The van der Waals surface area contributed by atoms with Crippen molar-refractivity contribution in [1.29, 1.82) is 0 Å². The van der Waals surface area contributed by atoms with Crippen molar-refractivity contribution in [3.63, 3.8) is 0 Å². The second-order valence-electron chi connectivity index (χ2n) is 20.8. The molecule has 3 atom stereocenters. The number of hydrogen-bond acceptors (Lipinski definition) is 5. The molecule has 0 saturated heterocycles. The number of esters is 1. The number of amides is 1. The number of unbranched alkanes of at least 4 members (excludes halogenated alkanes) is 39. The quantitative estimate of drug-likeness (QED) is 0.0321. The standard InChI is InChI=1S/C61H117NO5/c1-4-7-10-13-16-19-22-25-28-29-30-31-33-36-39-42-45-48-51-54-61(66)67-57(52-49-46-43-40-37-34-27-24-21-18-15-12-9-6-3)55-60(65)62-58(56-63)59(64)53-50-47-44-41-38-35-32-26-23-20-17-14-11-8-5-2/h16,19,25,28,57-59,63-64H,4-15,17-18,20-24,26-27,29-56H2,1-3H3,(H,62,65)/b19-16-,28-25-. The number of allylic oxidation sites excluding steroid dienone is 4. The van der Waals surface area contributed by atoms with Gasteiger partial charge in [-0.25, -0.2) is 0 Å². The Morgan fingerprint density at radius 3 is 1.16 bits per heavy atom. The van der Waals surface area contributed by atoms with Crippen LogP contribution < -0.4 is 5.32 Å². The second kappa shape index (κ2) is 55.3. The van der Waals surface area contributed by atoms with E-state index in [1.807, 2.05) is 0 Å². The molecule has 0 fully saturated rings. The predicted molar refractivity (Wildman–Crippen MR) is 292 cm³/mol. The normalized spacial score (nSPS) is 13.2. The molecule has 0 saturated carbocycles. The number of nitrogens with one attached hydrogen (secondary N) is 1. The zero-order valence-electron chi connectivity index (χ0n) is 45.3. The molecular formula is C61H117NO5. The zero-order valence-corrected chi connectivity index (χ0v) is 45.3. The highest BCUT2D eigenvalue weighted by Crippen LogP contribution is 2.19. The Morgan fingerprint density at radius 2 is 0.761 bits per heavy atom. The van der Waals surface area contributed by atoms with Crippen LogP contribution in [0.25, 0.3) is 0 Å². The Hall–Kier alpha value is -1.66. The van der Waals surface area contributed by atoms with Crippen molar-refractivity contribution in [2.24, 2.45) is 0 Å². The largest absolute Gasteiger partial charge is 0.462 e. The molecule has 0 spiro atoms. The highest BCUT2D eigenvalue weighted by atomic mass is 16.5. The van der Waals surface area contributed by atoms with Crippen LogP contribution in [0.2, 0.25) is 0 Å². The van der Waals surface area contributed by atoms with Gasteiger partial charge in [-0.15, -0.1) is 0 Å². The predicted octanol–water partition coefficient (Wildman–Crippen LogP) is 18.6. The van der Waals surface area contributed by atoms with Crippen LogP contribution in [0, 0.1) is 0 Å². The summed E-state index contributed by atoms with van der Waals surface area (Å²) >= 11 is 0. The first kappa shape index (κ1) is 65.3. The zero-order chi connectivity index (χ0) is 48.8. The number of ether oxygens (including phenoxy) is 1. The molecule has 0 heterocycles. The molecule has 67 heavy (non-hydrogen) atoms. The van der Waals surface area contributed by atoms with Crippen molar-refractivity contribution >= 4 is 11.9 Å². The number of hydrogen-bond donors (Lipinski definition) is 3. The van der Waals surface area contributed by atoms with E-state index in [4.69, 9.17) is 4.74 Å². The van der Waals surface area contributed by atoms with E-state index in [1.165, 1.54) is 231 Å². The number of aliphatic hydroxyl groups is 2. The smallest absolute Gasteiger partial charge is 0.306 e. The Labute approximate surface area is 418 Å². The average Bonchev–Trinajstić information content (AvgIpc) is 3.32. The number of aliphatic hydroxyl groups excluding tert-OH is 2. The topological polar surface area (TPSA) is 95.9 Å². The van der Waals surface area contributed by atoms with E-state index >= 15 is 0 Å². The first-order valence-electron chi connectivity index (χ1n) is 30.1. The summed E-state index contributed by atoms with van der Waals surface area (Å²) in [4.78, 5) is 26.3. The van der Waals surface area contributed by atoms with Crippen molar-refractivity contribution in [3.8, 4) is 0 Å². The van der Waals surface area contributed by atoms with E-state index in [0.717, 1.165) is 51.4 Å². The maximum atomic E-state index is 13.3. The average molecular weight is 945 g/mol. The van der Waals surface area contributed by atoms with Gasteiger partial charge in [0.2, 0.25) is 5.91 Å². The van der Waals surface area contributed by atoms with Gasteiger partial charge in [-0.3, -0.25) is 9.59 Å². The Kier molecular flexibility index (Phi) is 53.9. The number of carbonyl (C=O) groups excluding carboxylic acids is 2. The lowest BCUT2D eigenvalue weighted by molar-refractivity contribution is -0.151. The van der Waals surface area contributed by atoms with Crippen LogP contribution in [-0.2, 0) is 14.3 Å². The van der Waals surface area contributed by atoms with Gasteiger partial charge in [-0.2, -0.15) is 0 Å². The lowest BCUT2D eigenvalue weighted by Crippen LogP contribution is -2.46. The van der Waals surface area contributed by atoms with E-state index in [0.29, 0.717) is 19.3 Å². The SMILES string of the molecule is CCCCC/C=C\C/C=C\CCCCCCCCCCCC(=O)OC(CCCCCCCCCCCCCCCC)CC(=O)NC(CO)C(O)CCCCCCCCCCCCCCCCC. The van der Waals surface area contributed by atoms with Crippen molar-refractivity contribution in [2.45, 2.75) is 347 Å². The van der Waals surface area contributed by atoms with E-state index in [1.54, 1.807) is 0 Å². The summed E-state index contributed by atoms with van der Waals surface area (Å²) in [5, 5.41) is 23.9. The fourth-order valence-electron chi connectivity index (χ4n) is 9.46. The maximum absolute atomic E-state index is 13.3. The van der Waals surface area contributed by atoms with Gasteiger partial charge in [0, 0.05) is 6.42 Å². The molecule has 0 aliphatic carbocycles. The van der Waals surface area contributed by atoms with Gasteiger partial charge in [0.1, 0.15) is 6.10 Å². The summed E-state index contributed by atoms with van der Waals surface area (Å²) in [6, 6.07) is -0.698. The van der Waals surface area contributed by atoms with Crippen molar-refractivity contribution in [1.82, 2.24) is 5.32 Å². The van der Waals surface area contributed by atoms with Crippen LogP contribution in [0.1, 0.15) is 329 Å². The third kappa shape index (κ3) is 50.5. The maximum Gasteiger partial charge on any atom is 0.306 e. The molecule has 0 aromatic rings. The third-order valence-corrected chi connectivity index (χ3v) is 14.0. The summed E-state index contributed by atoms with van der Waals surface area (Å²) < 4.78 is 5.97. The minimum atomic E-state index is -0.785. The van der Waals surface area contributed by atoms with E-state index in [9.17, 15) is 19.8 Å². The highest BCUT2D eigenvalue weighted by molar-refractivity contribution is 5.77. The second-order valence-corrected chi connectivity index (χ2v) is 20.8. The van der Waals surface area contributed by atoms with Gasteiger partial charge in [-0.1, -0.05) is 283 Å². The van der Waals surface area contributed by atoms with Crippen LogP contribution in [0.3, 0.4) is 0 Å². The van der Waals surface area contributed by atoms with Gasteiger partial charge in [0.25, 0.3) is 0 Å². The summed E-state index contributed by atoms with van der Waals surface area (Å²) in [5.74, 6) is -0.456. The van der Waals surface area contributed by atoms with Crippen molar-refractivity contribution in [3.05, 3.63) is 24.3 Å². The van der Waals surface area contributed by atoms with Crippen LogP contribution in [0.15, 0.2) is 24.3 Å². The van der Waals surface area contributed by atoms with Crippen LogP contribution in [0.5, 0.6) is 0 Å². The first-order valence-corrected chi connectivity index (χ1v) is 30.1. The summed E-state index contributed by atoms with van der Waals surface area (Å²) in [6.45, 7) is 6.51. The number of carbonyl (C=O) groups is 2. The molecule has 3 N–H and O–H groups in total. The van der Waals surface area contributed by atoms with E-state index < -0.39 is 18.2 Å². The molecule has 0 radical (unpaired) electrons. The minimum absolute atomic E-state index is 0.0825. The van der Waals surface area contributed by atoms with Crippen LogP contribution >= 0.6 is 0 Å². The summed E-state index contributed by atoms with van der Waals surface area (Å²) in [7, 11) is 0. The minimum Gasteiger partial charge on any atom is -0.462 e. The summed E-state index contributed by atoms with van der Waals surface area (Å²) in [5.41, 5.74) is 0. The monoisotopic (exact) mass is 944 g/mol. The molecule has 0 bridgehead atoms. The molecular weight excluding hydrogens is 827 g/mol. The van der Waals surface area contributed by atoms with Gasteiger partial charge in [0.15, 0.2) is 0 Å². The van der Waals surface area contributed by atoms with Gasteiger partial charge < -0.3 is 20.3 Å². The molecule has 0 rings (SSSR count). The fraction of sp³-hybridized carbons (Fsp3) is 0.902. The Balaban J connectivity index is 4.48. The first-order chi connectivity index (χ1) is 33.0. The lowest BCUT2D eigenvalue weighted by atomic mass is 10.0. The molecule has 0 aromatic heterocycles. The Morgan fingerprint density at radius 1 is 0.433 bits per heavy atom. The highest BCUT2D eigenvalue weighted by Gasteiger charge is 2.24. The molecule has 3 unspecified atom stereocenters. The van der Waals surface area contributed by atoms with E-state index in [-0.39, 0.29) is 24.9 Å². The van der Waals surface area contributed by atoms with Crippen molar-refractivity contribution in [2.75, 3.05) is 6.61 Å². The molecule has 1 amide bonds. The molecule has 6 nitrogen and oxygen atoms in total. The van der Waals surface area contributed by atoms with Gasteiger partial charge in [0.05, 0.1) is 25.2 Å². The van der Waals surface area contributed by atoms with E-state index in [2.05, 4.69) is 50.4 Å². The lowest BCUT2D eigenvalue weighted by Gasteiger charge is -2.24. The fourth-order valence-corrected chi connectivity index (χ4v) is 9.46. The molecule has 0 aliphatic rings. The summed E-state index contributed by atoms with van der Waals surface area (Å²) in [6.07, 6.45) is 65.3. The van der Waals surface area contributed by atoms with Gasteiger partial charge in [-0.05, 0) is 57.8 Å². The Bertz CT molecular complexity index is 1060. The van der Waals surface area contributed by atoms with Crippen LogP contribution in [0.4, 0.5) is 0 Å². The molecule has 6 heteroatoms. The van der Waals surface area contributed by atoms with Crippen molar-refractivity contribution < 1.29 is 24.5 Å². The van der Waals surface area contributed by atoms with Gasteiger partial charge >= 0.3 is 5.97 Å². The van der Waals surface area contributed by atoms with Crippen LogP contribution in [-0.4, -0.2) is 46.9 Å².